The van der Waals surface area contributed by atoms with Crippen LogP contribution in [0.25, 0.3) is 11.7 Å². The number of aromatic amines is 2. The van der Waals surface area contributed by atoms with Crippen molar-refractivity contribution in [1.29, 1.82) is 0 Å². The zero-order valence-corrected chi connectivity index (χ0v) is 16.8. The third-order valence-electron chi connectivity index (χ3n) is 4.64. The standard InChI is InChI=1S/C20H18N6O3S/c1-29-13-4-6-14(7-5-13)30-17-9-16(22-12-2-3-12)26-18(24-17)11(10-21-26)8-15-19(27)25-20(28)23-15/h4-10,12,27H,2-3H2,1H3,(H2,23,25,28). The zero-order chi connectivity index (χ0) is 20.7. The van der Waals surface area contributed by atoms with Crippen LogP contribution < -0.4 is 21.1 Å². The molecule has 0 saturated heterocycles. The van der Waals surface area contributed by atoms with Gasteiger partial charge in [0.2, 0.25) is 5.88 Å². The van der Waals surface area contributed by atoms with E-state index in [-0.39, 0.29) is 11.6 Å². The van der Waals surface area contributed by atoms with Crippen LogP contribution in [0, 0.1) is 0 Å². The SMILES string of the molecule is COc1ccc(Sc2cc(=NC3CC3)n3ncc(=Cc4[nH]c(=O)[nH]c4O)c3n2)cc1. The molecule has 10 heteroatoms. The van der Waals surface area contributed by atoms with Crippen LogP contribution >= 0.6 is 11.8 Å². The summed E-state index contributed by atoms with van der Waals surface area (Å²) in [5.41, 5.74) is 1.10. The van der Waals surface area contributed by atoms with Crippen molar-refractivity contribution in [2.24, 2.45) is 4.99 Å². The van der Waals surface area contributed by atoms with E-state index in [1.54, 1.807) is 23.9 Å². The fourth-order valence-corrected chi connectivity index (χ4v) is 3.80. The van der Waals surface area contributed by atoms with Gasteiger partial charge in [-0.3, -0.25) is 9.98 Å². The highest BCUT2D eigenvalue weighted by Gasteiger charge is 2.20. The van der Waals surface area contributed by atoms with Crippen LogP contribution in [-0.2, 0) is 0 Å². The number of imidazole rings is 1. The summed E-state index contributed by atoms with van der Waals surface area (Å²) in [7, 11) is 1.64. The van der Waals surface area contributed by atoms with Crippen LogP contribution in [0.15, 0.2) is 56.2 Å². The summed E-state index contributed by atoms with van der Waals surface area (Å²) in [4.78, 5) is 26.8. The lowest BCUT2D eigenvalue weighted by atomic mass is 10.3. The van der Waals surface area contributed by atoms with Gasteiger partial charge in [0.15, 0.2) is 11.1 Å². The van der Waals surface area contributed by atoms with Crippen molar-refractivity contribution in [3.63, 3.8) is 0 Å². The maximum atomic E-state index is 11.4. The summed E-state index contributed by atoms with van der Waals surface area (Å²) in [6, 6.07) is 9.99. The molecule has 1 fully saturated rings. The van der Waals surface area contributed by atoms with E-state index in [9.17, 15) is 9.90 Å². The number of hydrogen-bond donors (Lipinski definition) is 3. The molecule has 4 aromatic rings. The molecule has 0 radical (unpaired) electrons. The highest BCUT2D eigenvalue weighted by Crippen LogP contribution is 2.27. The molecule has 9 nitrogen and oxygen atoms in total. The van der Waals surface area contributed by atoms with Crippen LogP contribution in [0.2, 0.25) is 0 Å². The largest absolute Gasteiger partial charge is 0.497 e. The number of H-pyrrole nitrogens is 2. The molecule has 30 heavy (non-hydrogen) atoms. The molecule has 0 atom stereocenters. The van der Waals surface area contributed by atoms with E-state index in [1.807, 2.05) is 30.3 Å². The lowest BCUT2D eigenvalue weighted by Crippen LogP contribution is -2.19. The van der Waals surface area contributed by atoms with Crippen molar-refractivity contribution in [3.05, 3.63) is 63.4 Å². The fraction of sp³-hybridized carbons (Fsp3) is 0.200. The molecular weight excluding hydrogens is 404 g/mol. The van der Waals surface area contributed by atoms with E-state index in [4.69, 9.17) is 14.7 Å². The quantitative estimate of drug-likeness (QED) is 0.416. The topological polar surface area (TPSA) is 121 Å². The van der Waals surface area contributed by atoms with E-state index in [0.717, 1.165) is 34.0 Å². The molecule has 152 valence electrons. The van der Waals surface area contributed by atoms with Gasteiger partial charge < -0.3 is 14.8 Å². The van der Waals surface area contributed by atoms with E-state index in [2.05, 4.69) is 15.1 Å². The first-order valence-electron chi connectivity index (χ1n) is 9.36. The first kappa shape index (κ1) is 18.5. The van der Waals surface area contributed by atoms with Crippen LogP contribution in [0.1, 0.15) is 18.5 Å². The van der Waals surface area contributed by atoms with Gasteiger partial charge >= 0.3 is 5.69 Å². The van der Waals surface area contributed by atoms with Crippen molar-refractivity contribution in [1.82, 2.24) is 24.6 Å². The number of aromatic hydroxyl groups is 1. The van der Waals surface area contributed by atoms with Crippen molar-refractivity contribution in [3.8, 4) is 11.6 Å². The number of nitrogens with zero attached hydrogens (tertiary/aromatic N) is 4. The van der Waals surface area contributed by atoms with Gasteiger partial charge in [-0.15, -0.1) is 0 Å². The number of fused-ring (bicyclic) bond motifs is 1. The van der Waals surface area contributed by atoms with Crippen LogP contribution in [0.3, 0.4) is 0 Å². The molecule has 3 aromatic heterocycles. The minimum Gasteiger partial charge on any atom is -0.497 e. The van der Waals surface area contributed by atoms with Crippen molar-refractivity contribution >= 4 is 23.5 Å². The van der Waals surface area contributed by atoms with Crippen LogP contribution in [0.4, 0.5) is 0 Å². The Hall–Kier alpha value is -3.53. The van der Waals surface area contributed by atoms with Gasteiger partial charge in [-0.2, -0.15) is 9.61 Å². The maximum absolute atomic E-state index is 11.4. The molecule has 3 N–H and O–H groups in total. The average molecular weight is 422 g/mol. The number of ether oxygens (including phenoxy) is 1. The maximum Gasteiger partial charge on any atom is 0.326 e. The monoisotopic (exact) mass is 422 g/mol. The summed E-state index contributed by atoms with van der Waals surface area (Å²) in [5.74, 6) is 0.561. The van der Waals surface area contributed by atoms with Gasteiger partial charge in [-0.25, -0.2) is 9.78 Å². The third kappa shape index (κ3) is 3.69. The van der Waals surface area contributed by atoms with Crippen LogP contribution in [-0.4, -0.2) is 42.8 Å². The first-order valence-corrected chi connectivity index (χ1v) is 10.2. The molecule has 0 amide bonds. The van der Waals surface area contributed by atoms with Gasteiger partial charge in [-0.05, 0) is 43.2 Å². The minimum absolute atomic E-state index is 0.231. The Morgan fingerprint density at radius 2 is 2.10 bits per heavy atom. The van der Waals surface area contributed by atoms with E-state index in [0.29, 0.717) is 16.9 Å². The average Bonchev–Trinajstić information content (AvgIpc) is 3.37. The van der Waals surface area contributed by atoms with Gasteiger partial charge in [0, 0.05) is 16.2 Å². The summed E-state index contributed by atoms with van der Waals surface area (Å²) in [5, 5.41) is 15.7. The van der Waals surface area contributed by atoms with Crippen molar-refractivity contribution in [2.75, 3.05) is 7.11 Å². The Labute approximate surface area is 174 Å². The third-order valence-corrected chi connectivity index (χ3v) is 5.56. The second-order valence-corrected chi connectivity index (χ2v) is 8.01. The fourth-order valence-electron chi connectivity index (χ4n) is 2.99. The highest BCUT2D eigenvalue weighted by atomic mass is 32.2. The minimum atomic E-state index is -0.483. The van der Waals surface area contributed by atoms with Gasteiger partial charge in [-0.1, -0.05) is 11.8 Å². The lowest BCUT2D eigenvalue weighted by molar-refractivity contribution is 0.414. The Morgan fingerprint density at radius 1 is 1.30 bits per heavy atom. The number of methoxy groups -OCH3 is 1. The molecule has 0 bridgehead atoms. The molecular formula is C20H18N6O3S. The molecule has 3 heterocycles. The Kier molecular flexibility index (Phi) is 4.55. The zero-order valence-electron chi connectivity index (χ0n) is 16.0. The molecule has 0 aliphatic heterocycles. The van der Waals surface area contributed by atoms with Crippen molar-refractivity contribution in [2.45, 2.75) is 28.8 Å². The van der Waals surface area contributed by atoms with E-state index in [1.165, 1.54) is 11.8 Å². The van der Waals surface area contributed by atoms with E-state index < -0.39 is 5.69 Å². The van der Waals surface area contributed by atoms with Crippen LogP contribution in [0.5, 0.6) is 11.6 Å². The predicted molar refractivity (Wildman–Crippen MR) is 111 cm³/mol. The highest BCUT2D eigenvalue weighted by molar-refractivity contribution is 7.99. The van der Waals surface area contributed by atoms with Gasteiger partial charge in [0.1, 0.15) is 16.5 Å². The summed E-state index contributed by atoms with van der Waals surface area (Å²) >= 11 is 1.51. The molecule has 1 aromatic carbocycles. The second kappa shape index (κ2) is 7.38. The summed E-state index contributed by atoms with van der Waals surface area (Å²) < 4.78 is 6.90. The summed E-state index contributed by atoms with van der Waals surface area (Å²) in [6.45, 7) is 0. The molecule has 1 saturated carbocycles. The predicted octanol–water partition coefficient (Wildman–Crippen LogP) is 1.22. The molecule has 1 aliphatic carbocycles. The number of benzene rings is 1. The second-order valence-electron chi connectivity index (χ2n) is 6.91. The van der Waals surface area contributed by atoms with Crippen molar-refractivity contribution < 1.29 is 9.84 Å². The normalized spacial score (nSPS) is 15.2. The lowest BCUT2D eigenvalue weighted by Gasteiger charge is -2.04. The Balaban J connectivity index is 1.64. The molecule has 0 unspecified atom stereocenters. The first-order chi connectivity index (χ1) is 14.6. The van der Waals surface area contributed by atoms with Gasteiger partial charge in [0.05, 0.1) is 19.3 Å². The smallest absolute Gasteiger partial charge is 0.326 e. The Bertz CT molecular complexity index is 1400. The number of hydrogen-bond acceptors (Lipinski definition) is 7. The van der Waals surface area contributed by atoms with E-state index >= 15 is 0 Å². The Morgan fingerprint density at radius 3 is 2.77 bits per heavy atom. The molecule has 1 aliphatic rings. The molecule has 0 spiro atoms. The number of aromatic nitrogens is 5. The van der Waals surface area contributed by atoms with Gasteiger partial charge in [0.25, 0.3) is 0 Å². The number of nitrogens with one attached hydrogen (secondary N) is 2. The summed E-state index contributed by atoms with van der Waals surface area (Å²) in [6.07, 6.45) is 5.42. The number of rotatable bonds is 5. The molecule has 5 rings (SSSR count).